The van der Waals surface area contributed by atoms with Crippen molar-refractivity contribution in [3.05, 3.63) is 0 Å². The Balaban J connectivity index is 1.52. The first-order chi connectivity index (χ1) is 14.0. The summed E-state index contributed by atoms with van der Waals surface area (Å²) in [4.78, 5) is 12.7. The number of alkyl halides is 1. The molecule has 0 aliphatic heterocycles. The number of Topliss-reactive ketones (excluding diaryl/α,β-unsaturated/α-hetero) is 1. The summed E-state index contributed by atoms with van der Waals surface area (Å²) in [6, 6.07) is 0. The Kier molecular flexibility index (Phi) is 6.35. The van der Waals surface area contributed by atoms with Gasteiger partial charge in [0.25, 0.3) is 0 Å². The van der Waals surface area contributed by atoms with E-state index in [0.29, 0.717) is 16.6 Å². The lowest BCUT2D eigenvalue weighted by Gasteiger charge is -2.65. The van der Waals surface area contributed by atoms with Gasteiger partial charge in [-0.2, -0.15) is 0 Å². The average Bonchev–Trinajstić information content (AvgIpc) is 3.01. The molecule has 0 amide bonds. The third-order valence-electron chi connectivity index (χ3n) is 11.4. The van der Waals surface area contributed by atoms with Crippen molar-refractivity contribution in [1.29, 1.82) is 0 Å². The van der Waals surface area contributed by atoms with Crippen molar-refractivity contribution in [3.8, 4) is 0 Å². The topological polar surface area (TPSA) is 17.1 Å². The maximum atomic E-state index is 12.6. The second-order valence-corrected chi connectivity index (χ2v) is 14.3. The number of halogens is 1. The van der Waals surface area contributed by atoms with Gasteiger partial charge in [0, 0.05) is 6.42 Å². The summed E-state index contributed by atoms with van der Waals surface area (Å²) in [7, 11) is 0. The molecule has 0 aromatic carbocycles. The van der Waals surface area contributed by atoms with Crippen molar-refractivity contribution < 1.29 is 4.79 Å². The average molecular weight is 480 g/mol. The highest BCUT2D eigenvalue weighted by Crippen LogP contribution is 2.71. The Morgan fingerprint density at radius 3 is 2.40 bits per heavy atom. The number of hydrogen-bond acceptors (Lipinski definition) is 1. The smallest absolute Gasteiger partial charge is 0.147 e. The van der Waals surface area contributed by atoms with Gasteiger partial charge in [-0.25, -0.2) is 0 Å². The van der Waals surface area contributed by atoms with Crippen LogP contribution in [-0.2, 0) is 4.79 Å². The number of hydrogen-bond donors (Lipinski definition) is 0. The fourth-order valence-electron chi connectivity index (χ4n) is 9.39. The lowest BCUT2D eigenvalue weighted by molar-refractivity contribution is -0.162. The van der Waals surface area contributed by atoms with Gasteiger partial charge in [0.1, 0.15) is 5.78 Å². The van der Waals surface area contributed by atoms with E-state index >= 15 is 0 Å². The van der Waals surface area contributed by atoms with Gasteiger partial charge >= 0.3 is 0 Å². The van der Waals surface area contributed by atoms with Gasteiger partial charge in [0.05, 0.1) is 4.83 Å². The van der Waals surface area contributed by atoms with Crippen molar-refractivity contribution >= 4 is 21.7 Å². The molecule has 0 bridgehead atoms. The second-order valence-electron chi connectivity index (χ2n) is 13.2. The van der Waals surface area contributed by atoms with Crippen LogP contribution in [0, 0.1) is 51.8 Å². The van der Waals surface area contributed by atoms with Gasteiger partial charge in [-0.15, -0.1) is 0 Å². The van der Waals surface area contributed by atoms with Gasteiger partial charge in [0.2, 0.25) is 0 Å². The van der Waals surface area contributed by atoms with Crippen molar-refractivity contribution in [1.82, 2.24) is 0 Å². The highest BCUT2D eigenvalue weighted by atomic mass is 79.9. The fourth-order valence-corrected chi connectivity index (χ4v) is 10.2. The van der Waals surface area contributed by atoms with E-state index in [1.54, 1.807) is 0 Å². The number of fused-ring (bicyclic) bond motifs is 5. The molecule has 2 heteroatoms. The monoisotopic (exact) mass is 478 g/mol. The minimum atomic E-state index is 0.0972. The molecule has 0 radical (unpaired) electrons. The van der Waals surface area contributed by atoms with Gasteiger partial charge in [-0.05, 0) is 96.7 Å². The molecule has 4 fully saturated rings. The van der Waals surface area contributed by atoms with Crippen LogP contribution in [0.1, 0.15) is 112 Å². The van der Waals surface area contributed by atoms with Crippen LogP contribution < -0.4 is 0 Å². The molecule has 4 rings (SSSR count). The lowest BCUT2D eigenvalue weighted by Crippen LogP contribution is -2.59. The van der Waals surface area contributed by atoms with Crippen molar-refractivity contribution in [2.24, 2.45) is 51.8 Å². The Bertz CT molecular complexity index is 657. The zero-order chi connectivity index (χ0) is 21.9. The van der Waals surface area contributed by atoms with Crippen molar-refractivity contribution in [2.45, 2.75) is 117 Å². The standard InChI is InChI=1S/C28H47BrO/c1-18(2)8-7-9-19(3)21-10-11-22-20-12-14-26(4)17-25(30)24(29)16-28(26,6)23(20)13-15-27(21,22)5/h18-24H,7-17H2,1-6H3/t19-,20-,21-,22+,23+,24+,26-,27+,28+/m0/s1. The molecule has 30 heavy (non-hydrogen) atoms. The van der Waals surface area contributed by atoms with Crippen LogP contribution >= 0.6 is 15.9 Å². The van der Waals surface area contributed by atoms with Crippen LogP contribution in [0.15, 0.2) is 0 Å². The molecular weight excluding hydrogens is 432 g/mol. The van der Waals surface area contributed by atoms with E-state index < -0.39 is 0 Å². The molecule has 0 aromatic rings. The van der Waals surface area contributed by atoms with E-state index in [-0.39, 0.29) is 10.2 Å². The predicted molar refractivity (Wildman–Crippen MR) is 131 cm³/mol. The van der Waals surface area contributed by atoms with E-state index in [2.05, 4.69) is 57.5 Å². The number of rotatable bonds is 5. The van der Waals surface area contributed by atoms with Crippen LogP contribution in [0.2, 0.25) is 0 Å². The maximum absolute atomic E-state index is 12.6. The van der Waals surface area contributed by atoms with Crippen LogP contribution in [-0.4, -0.2) is 10.6 Å². The Hall–Kier alpha value is 0.150. The quantitative estimate of drug-likeness (QED) is 0.362. The molecule has 0 spiro atoms. The molecular formula is C28H47BrO. The highest BCUT2D eigenvalue weighted by molar-refractivity contribution is 9.10. The van der Waals surface area contributed by atoms with E-state index in [1.165, 1.54) is 57.8 Å². The van der Waals surface area contributed by atoms with E-state index in [9.17, 15) is 4.79 Å². The molecule has 1 nitrogen and oxygen atoms in total. The summed E-state index contributed by atoms with van der Waals surface area (Å²) in [5, 5.41) is 0. The maximum Gasteiger partial charge on any atom is 0.147 e. The van der Waals surface area contributed by atoms with Gasteiger partial charge in [-0.1, -0.05) is 76.7 Å². The minimum absolute atomic E-state index is 0.0972. The van der Waals surface area contributed by atoms with E-state index in [1.807, 2.05) is 0 Å². The van der Waals surface area contributed by atoms with E-state index in [4.69, 9.17) is 0 Å². The van der Waals surface area contributed by atoms with Crippen LogP contribution in [0.25, 0.3) is 0 Å². The summed E-state index contributed by atoms with van der Waals surface area (Å²) in [6.07, 6.45) is 14.6. The molecule has 4 saturated carbocycles. The third-order valence-corrected chi connectivity index (χ3v) is 12.2. The normalized spacial score (nSPS) is 49.5. The van der Waals surface area contributed by atoms with Crippen LogP contribution in [0.5, 0.6) is 0 Å². The van der Waals surface area contributed by atoms with Crippen molar-refractivity contribution in [2.75, 3.05) is 0 Å². The molecule has 0 heterocycles. The molecule has 172 valence electrons. The van der Waals surface area contributed by atoms with E-state index in [0.717, 1.165) is 48.3 Å². The Morgan fingerprint density at radius 1 is 0.967 bits per heavy atom. The molecule has 0 N–H and O–H groups in total. The zero-order valence-electron chi connectivity index (χ0n) is 20.6. The molecule has 0 unspecified atom stereocenters. The highest BCUT2D eigenvalue weighted by Gasteiger charge is 2.64. The second kappa shape index (κ2) is 8.18. The third kappa shape index (κ3) is 3.58. The number of ketones is 1. The predicted octanol–water partition coefficient (Wildman–Crippen LogP) is 8.44. The van der Waals surface area contributed by atoms with Crippen LogP contribution in [0.3, 0.4) is 0 Å². The summed E-state index contributed by atoms with van der Waals surface area (Å²) in [5.41, 5.74) is 1.13. The summed E-state index contributed by atoms with van der Waals surface area (Å²) < 4.78 is 0. The summed E-state index contributed by atoms with van der Waals surface area (Å²) in [6.45, 7) is 15.0. The van der Waals surface area contributed by atoms with Gasteiger partial charge in [-0.3, -0.25) is 4.79 Å². The number of carbonyl (C=O) groups is 1. The van der Waals surface area contributed by atoms with Gasteiger partial charge in [0.15, 0.2) is 0 Å². The summed E-state index contributed by atoms with van der Waals surface area (Å²) >= 11 is 3.77. The number of carbonyl (C=O) groups excluding carboxylic acids is 1. The Labute approximate surface area is 195 Å². The summed E-state index contributed by atoms with van der Waals surface area (Å²) in [5.74, 6) is 5.80. The first-order valence-electron chi connectivity index (χ1n) is 13.2. The fraction of sp³-hybridized carbons (Fsp3) is 0.964. The lowest BCUT2D eigenvalue weighted by atomic mass is 9.40. The molecule has 0 aromatic heterocycles. The molecule has 4 aliphatic rings. The molecule has 0 saturated heterocycles. The minimum Gasteiger partial charge on any atom is -0.298 e. The Morgan fingerprint density at radius 2 is 1.70 bits per heavy atom. The SMILES string of the molecule is CC(C)CCC[C@H](C)[C@@H]1CC[C@@H]2[C@@H]3CC[C@@]4(C)CC(=O)[C@H](Br)C[C@]4(C)[C@@H]3CC[C@@]21C. The molecule has 9 atom stereocenters. The van der Waals surface area contributed by atoms with Gasteiger partial charge < -0.3 is 0 Å². The largest absolute Gasteiger partial charge is 0.298 e. The zero-order valence-corrected chi connectivity index (χ0v) is 22.2. The van der Waals surface area contributed by atoms with Crippen LogP contribution in [0.4, 0.5) is 0 Å². The first kappa shape index (κ1) is 23.3. The molecule has 4 aliphatic carbocycles. The van der Waals surface area contributed by atoms with Crippen molar-refractivity contribution in [3.63, 3.8) is 0 Å². The first-order valence-corrected chi connectivity index (χ1v) is 14.1.